The summed E-state index contributed by atoms with van der Waals surface area (Å²) in [5, 5.41) is 15.1. The van der Waals surface area contributed by atoms with E-state index in [9.17, 15) is 22.8 Å². The maximum atomic E-state index is 13.2. The van der Waals surface area contributed by atoms with E-state index in [0.29, 0.717) is 31.7 Å². The summed E-state index contributed by atoms with van der Waals surface area (Å²) in [7, 11) is 1.79. The third-order valence-electron chi connectivity index (χ3n) is 6.34. The number of benzene rings is 2. The lowest BCUT2D eigenvalue weighted by molar-refractivity contribution is -0.192. The number of aliphatic carboxylic acids is 1. The first-order valence-electron chi connectivity index (χ1n) is 12.2. The number of nitrogens with two attached hydrogens (primary N) is 1. The number of halogens is 3. The van der Waals surface area contributed by atoms with Crippen molar-refractivity contribution in [3.8, 4) is 0 Å². The topological polar surface area (TPSA) is 138 Å². The number of nitrogens with one attached hydrogen (secondary N) is 2. The summed E-state index contributed by atoms with van der Waals surface area (Å²) in [6.07, 6.45) is -1.31. The first kappa shape index (κ1) is 29.4. The highest BCUT2D eigenvalue weighted by Crippen LogP contribution is 2.22. The Kier molecular flexibility index (Phi) is 9.83. The van der Waals surface area contributed by atoms with Gasteiger partial charge in [0.15, 0.2) is 0 Å². The normalized spacial score (nSPS) is 15.8. The second-order valence-electron chi connectivity index (χ2n) is 8.99. The molecule has 1 aromatic heterocycles. The maximum absolute atomic E-state index is 13.2. The number of alkyl halides is 3. The number of carboxylic acid groups (broad SMARTS) is 1. The Hall–Kier alpha value is -4.19. The summed E-state index contributed by atoms with van der Waals surface area (Å²) >= 11 is 0. The van der Waals surface area contributed by atoms with Gasteiger partial charge in [-0.05, 0) is 55.0 Å². The van der Waals surface area contributed by atoms with Crippen LogP contribution < -0.4 is 16.4 Å². The number of likely N-dealkylation sites (N-methyl/N-ethyl adjacent to an activating group) is 1. The monoisotopic (exact) mass is 545 g/mol. The highest BCUT2D eigenvalue weighted by molar-refractivity contribution is 5.92. The van der Waals surface area contributed by atoms with Crippen molar-refractivity contribution < 1.29 is 32.7 Å². The lowest BCUT2D eigenvalue weighted by atomic mass is 10.0. The smallest absolute Gasteiger partial charge is 0.475 e. The van der Waals surface area contributed by atoms with Gasteiger partial charge in [-0.1, -0.05) is 42.5 Å². The minimum absolute atomic E-state index is 0.0253. The maximum Gasteiger partial charge on any atom is 0.490 e. The van der Waals surface area contributed by atoms with Gasteiger partial charge < -0.3 is 26.4 Å². The molecule has 2 atom stereocenters. The fourth-order valence-corrected chi connectivity index (χ4v) is 4.33. The van der Waals surface area contributed by atoms with E-state index in [2.05, 4.69) is 15.6 Å². The van der Waals surface area contributed by atoms with Crippen molar-refractivity contribution in [3.05, 3.63) is 71.9 Å². The molecule has 1 fully saturated rings. The Morgan fingerprint density at radius 2 is 1.82 bits per heavy atom. The first-order valence-corrected chi connectivity index (χ1v) is 12.2. The molecular formula is C27H30F3N5O4. The zero-order chi connectivity index (χ0) is 28.6. The molecule has 0 aliphatic carbocycles. The highest BCUT2D eigenvalue weighted by Gasteiger charge is 2.38. The molecule has 0 saturated carbocycles. The Morgan fingerprint density at radius 3 is 2.46 bits per heavy atom. The van der Waals surface area contributed by atoms with Crippen LogP contribution in [0.4, 0.5) is 19.0 Å². The molecule has 5 N–H and O–H groups in total. The van der Waals surface area contributed by atoms with E-state index in [1.165, 1.54) is 0 Å². The number of hydrogen-bond donors (Lipinski definition) is 4. The van der Waals surface area contributed by atoms with E-state index in [1.807, 2.05) is 54.6 Å². The second kappa shape index (κ2) is 13.1. The van der Waals surface area contributed by atoms with Gasteiger partial charge in [0.05, 0.1) is 6.04 Å². The minimum Gasteiger partial charge on any atom is -0.475 e. The van der Waals surface area contributed by atoms with Gasteiger partial charge >= 0.3 is 12.1 Å². The number of likely N-dealkylation sites (tertiary alicyclic amines) is 1. The van der Waals surface area contributed by atoms with Gasteiger partial charge in [0.1, 0.15) is 11.9 Å². The van der Waals surface area contributed by atoms with Crippen LogP contribution in [0.15, 0.2) is 60.8 Å². The first-order chi connectivity index (χ1) is 18.5. The molecule has 0 spiro atoms. The Morgan fingerprint density at radius 1 is 1.13 bits per heavy atom. The Labute approximate surface area is 223 Å². The van der Waals surface area contributed by atoms with Crippen LogP contribution in [0.1, 0.15) is 24.0 Å². The SMILES string of the molecule is CN[C@H](Cc1ccccc1)C(=O)N1CCCC1C(=O)NCc1ccc2c(N)nccc2c1.O=C(O)C(F)(F)F. The van der Waals surface area contributed by atoms with Gasteiger partial charge in [-0.2, -0.15) is 13.2 Å². The molecule has 2 aromatic carbocycles. The quantitative estimate of drug-likeness (QED) is 0.358. The van der Waals surface area contributed by atoms with Crippen LogP contribution in [0.25, 0.3) is 10.8 Å². The van der Waals surface area contributed by atoms with Crippen LogP contribution in [0.3, 0.4) is 0 Å². The molecule has 0 radical (unpaired) electrons. The van der Waals surface area contributed by atoms with Crippen LogP contribution in [-0.4, -0.2) is 64.6 Å². The van der Waals surface area contributed by atoms with Gasteiger partial charge in [0, 0.05) is 24.7 Å². The number of nitrogen functional groups attached to an aromatic ring is 1. The fourth-order valence-electron chi connectivity index (χ4n) is 4.33. The number of fused-ring (bicyclic) bond motifs is 1. The number of rotatable bonds is 7. The standard InChI is InChI=1S/C25H29N5O2.C2HF3O2/c1-27-21(15-17-6-3-2-4-7-17)25(32)30-13-5-8-22(30)24(31)29-16-18-9-10-20-19(14-18)11-12-28-23(20)26;3-2(4,5)1(6)7/h2-4,6-7,9-12,14,21-22,27H,5,8,13,15-16H2,1H3,(H2,26,28)(H,29,31);(H,6,7)/t21-,22?;/m1./s1. The van der Waals surface area contributed by atoms with E-state index in [0.717, 1.165) is 28.3 Å². The van der Waals surface area contributed by atoms with Crippen LogP contribution in [0.5, 0.6) is 0 Å². The molecule has 1 aliphatic rings. The number of carbonyl (C=O) groups excluding carboxylic acids is 2. The van der Waals surface area contributed by atoms with E-state index in [-0.39, 0.29) is 17.9 Å². The Bertz CT molecular complexity index is 1300. The highest BCUT2D eigenvalue weighted by atomic mass is 19.4. The molecule has 2 heterocycles. The van der Waals surface area contributed by atoms with Crippen LogP contribution in [0.2, 0.25) is 0 Å². The largest absolute Gasteiger partial charge is 0.490 e. The molecule has 9 nitrogen and oxygen atoms in total. The van der Waals surface area contributed by atoms with Gasteiger partial charge in [0.2, 0.25) is 11.8 Å². The molecule has 39 heavy (non-hydrogen) atoms. The molecule has 3 aromatic rings. The molecule has 1 aliphatic heterocycles. The van der Waals surface area contributed by atoms with Gasteiger partial charge in [-0.3, -0.25) is 9.59 Å². The molecular weight excluding hydrogens is 515 g/mol. The number of carboxylic acids is 1. The minimum atomic E-state index is -5.08. The number of amides is 2. The predicted molar refractivity (Wildman–Crippen MR) is 139 cm³/mol. The van der Waals surface area contributed by atoms with Crippen molar-refractivity contribution in [1.29, 1.82) is 0 Å². The van der Waals surface area contributed by atoms with Gasteiger partial charge in [-0.25, -0.2) is 9.78 Å². The van der Waals surface area contributed by atoms with E-state index in [1.54, 1.807) is 18.1 Å². The van der Waals surface area contributed by atoms with Crippen molar-refractivity contribution in [1.82, 2.24) is 20.5 Å². The van der Waals surface area contributed by atoms with Crippen LogP contribution >= 0.6 is 0 Å². The molecule has 1 unspecified atom stereocenters. The molecule has 2 amide bonds. The summed E-state index contributed by atoms with van der Waals surface area (Å²) in [5.41, 5.74) is 7.98. The lowest BCUT2D eigenvalue weighted by Gasteiger charge is -2.28. The summed E-state index contributed by atoms with van der Waals surface area (Å²) < 4.78 is 31.7. The predicted octanol–water partition coefficient (Wildman–Crippen LogP) is 2.89. The number of carbonyl (C=O) groups is 3. The lowest BCUT2D eigenvalue weighted by Crippen LogP contribution is -2.52. The number of aromatic nitrogens is 1. The summed E-state index contributed by atoms with van der Waals surface area (Å²) in [4.78, 5) is 40.9. The summed E-state index contributed by atoms with van der Waals surface area (Å²) in [6, 6.07) is 16.9. The van der Waals surface area contributed by atoms with Gasteiger partial charge in [0.25, 0.3) is 0 Å². The average Bonchev–Trinajstić information content (AvgIpc) is 3.41. The van der Waals surface area contributed by atoms with Crippen molar-refractivity contribution in [2.24, 2.45) is 0 Å². The Balaban J connectivity index is 0.000000532. The van der Waals surface area contributed by atoms with E-state index in [4.69, 9.17) is 15.6 Å². The number of nitrogens with zero attached hydrogens (tertiary/aromatic N) is 2. The molecule has 0 bridgehead atoms. The molecule has 208 valence electrons. The molecule has 12 heteroatoms. The van der Waals surface area contributed by atoms with E-state index < -0.39 is 18.2 Å². The summed E-state index contributed by atoms with van der Waals surface area (Å²) in [6.45, 7) is 1.00. The van der Waals surface area contributed by atoms with Crippen molar-refractivity contribution in [2.75, 3.05) is 19.3 Å². The zero-order valence-corrected chi connectivity index (χ0v) is 21.2. The summed E-state index contributed by atoms with van der Waals surface area (Å²) in [5.74, 6) is -2.40. The van der Waals surface area contributed by atoms with Crippen molar-refractivity contribution >= 4 is 34.4 Å². The van der Waals surface area contributed by atoms with Gasteiger partial charge in [-0.15, -0.1) is 0 Å². The average molecular weight is 546 g/mol. The second-order valence-corrected chi connectivity index (χ2v) is 8.99. The zero-order valence-electron chi connectivity index (χ0n) is 21.2. The number of anilines is 1. The third kappa shape index (κ3) is 7.90. The van der Waals surface area contributed by atoms with E-state index >= 15 is 0 Å². The third-order valence-corrected chi connectivity index (χ3v) is 6.34. The molecule has 4 rings (SSSR count). The van der Waals surface area contributed by atoms with Crippen LogP contribution in [-0.2, 0) is 27.3 Å². The fraction of sp³-hybridized carbons (Fsp3) is 0.333. The number of pyridine rings is 1. The number of hydrogen-bond acceptors (Lipinski definition) is 6. The molecule has 1 saturated heterocycles. The van der Waals surface area contributed by atoms with Crippen LogP contribution in [0, 0.1) is 0 Å². The van der Waals surface area contributed by atoms with Crippen molar-refractivity contribution in [2.45, 2.75) is 44.1 Å². The van der Waals surface area contributed by atoms with Crippen molar-refractivity contribution in [3.63, 3.8) is 0 Å².